The van der Waals surface area contributed by atoms with E-state index in [1.54, 1.807) is 74.5 Å². The van der Waals surface area contributed by atoms with Gasteiger partial charge in [0.2, 0.25) is 35.4 Å². The fourth-order valence-electron chi connectivity index (χ4n) is 10.4. The molecule has 0 bridgehead atoms. The molecule has 0 radical (unpaired) electrons. The molecule has 2 aliphatic heterocycles. The molecule has 0 spiro atoms. The zero-order chi connectivity index (χ0) is 64.0. The Morgan fingerprint density at radius 2 is 1.15 bits per heavy atom. The van der Waals surface area contributed by atoms with Crippen LogP contribution in [0.15, 0.2) is 84.9 Å². The number of thioether (sulfide) groups is 1. The maximum Gasteiger partial charge on any atom is 0.326 e. The third-order valence-electron chi connectivity index (χ3n) is 16.1. The third-order valence-corrected chi connectivity index (χ3v) is 17.9. The third kappa shape index (κ3) is 20.7. The SMILES string of the molecule is CC[C@H](C)[C@H](NC(=O)[C@@H](NCC(=O)CCCCNC(=O)CCCC[C@@H]1SC[C@]2(C)NC(=O)N[C@]12C)[C@@H](C)O)C(=O)N[C@H](C(=O)N[C@@H](Cc1ccc(C(=O)c2ccccc2)cc1)C(=O)N[C@@H](CCC(=O)O)C(=O)N[C@@H](Cc1ccccc1)C(=O)O)[C@@H](C)O. The van der Waals surface area contributed by atoms with Crippen molar-refractivity contribution < 1.29 is 73.2 Å². The van der Waals surface area contributed by atoms with E-state index in [0.717, 1.165) is 18.6 Å². The van der Waals surface area contributed by atoms with Crippen LogP contribution in [0.2, 0.25) is 0 Å². The average Bonchev–Trinajstić information content (AvgIpc) is 1.71. The molecular formula is C62H85N9O15S. The molecule has 3 aromatic carbocycles. The van der Waals surface area contributed by atoms with E-state index in [1.807, 2.05) is 18.7 Å². The van der Waals surface area contributed by atoms with Gasteiger partial charge in [-0.3, -0.25) is 48.5 Å². The number of urea groups is 1. The van der Waals surface area contributed by atoms with Crippen LogP contribution in [0.4, 0.5) is 4.79 Å². The van der Waals surface area contributed by atoms with Crippen molar-refractivity contribution in [1.82, 2.24) is 47.9 Å². The summed E-state index contributed by atoms with van der Waals surface area (Å²) in [6.45, 7) is 10.0. The van der Waals surface area contributed by atoms with Crippen molar-refractivity contribution in [2.45, 2.75) is 183 Å². The van der Waals surface area contributed by atoms with E-state index in [0.29, 0.717) is 60.9 Å². The Kier molecular flexibility index (Phi) is 26.9. The molecule has 2 saturated heterocycles. The minimum atomic E-state index is -1.80. The molecule has 0 aromatic heterocycles. The second-order valence-electron chi connectivity index (χ2n) is 22.9. The number of nitrogens with one attached hydrogen (secondary N) is 9. The van der Waals surface area contributed by atoms with Gasteiger partial charge in [0, 0.05) is 60.8 Å². The highest BCUT2D eigenvalue weighted by Crippen LogP contribution is 2.47. The number of amides is 8. The average molecular weight is 1230 g/mol. The van der Waals surface area contributed by atoms with Gasteiger partial charge in [0.25, 0.3) is 0 Å². The van der Waals surface area contributed by atoms with E-state index in [4.69, 9.17) is 0 Å². The van der Waals surface area contributed by atoms with Gasteiger partial charge in [-0.1, -0.05) is 112 Å². The summed E-state index contributed by atoms with van der Waals surface area (Å²) in [7, 11) is 0. The molecule has 2 heterocycles. The Labute approximate surface area is 511 Å². The number of carbonyl (C=O) groups excluding carboxylic acids is 9. The first-order valence-electron chi connectivity index (χ1n) is 29.5. The Morgan fingerprint density at radius 3 is 1.77 bits per heavy atom. The summed E-state index contributed by atoms with van der Waals surface area (Å²) in [6, 6.07) is 13.3. The van der Waals surface area contributed by atoms with E-state index in [-0.39, 0.29) is 65.6 Å². The van der Waals surface area contributed by atoms with Crippen molar-refractivity contribution in [3.63, 3.8) is 0 Å². The van der Waals surface area contributed by atoms with Crippen molar-refractivity contribution in [3.05, 3.63) is 107 Å². The number of rotatable bonds is 37. The van der Waals surface area contributed by atoms with Crippen LogP contribution in [0.1, 0.15) is 133 Å². The summed E-state index contributed by atoms with van der Waals surface area (Å²) in [5, 5.41) is 65.8. The van der Waals surface area contributed by atoms with Gasteiger partial charge in [-0.15, -0.1) is 0 Å². The minimum Gasteiger partial charge on any atom is -0.481 e. The number of carbonyl (C=O) groups is 11. The lowest BCUT2D eigenvalue weighted by molar-refractivity contribution is -0.143. The first-order valence-corrected chi connectivity index (χ1v) is 30.6. The van der Waals surface area contributed by atoms with Crippen LogP contribution in [0.5, 0.6) is 0 Å². The van der Waals surface area contributed by atoms with Crippen molar-refractivity contribution in [2.75, 3.05) is 18.8 Å². The molecule has 2 aliphatic rings. The lowest BCUT2D eigenvalue weighted by Crippen LogP contribution is -2.63. The summed E-state index contributed by atoms with van der Waals surface area (Å²) >= 11 is 1.82. The zero-order valence-electron chi connectivity index (χ0n) is 50.2. The standard InChI is InChI=1S/C62H85N9O15S/c1-7-36(2)50(68-57(82)51(37(3)72)64-34-43(74)22-16-17-31-63-48(75)24-15-14-23-47-62(6)61(5,35-87-47)70-60(86)71-62)56(81)69-52(38(4)73)58(83)66-45(32-40-25-27-42(28-26-40)53(78)41-20-12-9-13-21-41)55(80)65-44(29-30-49(76)77)54(79)67-46(59(84)85)33-39-18-10-8-11-19-39/h8-13,18-21,25-28,36-38,44-47,50-52,64,72-73H,7,14-17,22-24,29-35H2,1-6H3,(H,63,75)(H,65,80)(H,66,83)(H,67,79)(H,68,82)(H,69,81)(H,76,77)(H,84,85)(H2,70,71,86)/t36-,37+,38+,44-,45-,46-,47-,50-,51-,52-,61-,62+/m0/s1. The van der Waals surface area contributed by atoms with Gasteiger partial charge < -0.3 is 63.0 Å². The topological polar surface area (TPSA) is 377 Å². The van der Waals surface area contributed by atoms with Crippen LogP contribution in [-0.4, -0.2) is 169 Å². The van der Waals surface area contributed by atoms with Gasteiger partial charge in [0.1, 0.15) is 42.0 Å². The first kappa shape index (κ1) is 70.0. The van der Waals surface area contributed by atoms with Crippen molar-refractivity contribution >= 4 is 76.7 Å². The summed E-state index contributed by atoms with van der Waals surface area (Å²) in [5.41, 5.74) is 0.955. The Balaban J connectivity index is 1.20. The number of hydrogen-bond donors (Lipinski definition) is 13. The number of benzene rings is 3. The summed E-state index contributed by atoms with van der Waals surface area (Å²) in [4.78, 5) is 146. The van der Waals surface area contributed by atoms with Gasteiger partial charge in [0.05, 0.1) is 29.8 Å². The molecule has 3 aromatic rings. The van der Waals surface area contributed by atoms with Crippen LogP contribution in [0, 0.1) is 5.92 Å². The molecule has 0 aliphatic carbocycles. The van der Waals surface area contributed by atoms with Crippen molar-refractivity contribution in [1.29, 1.82) is 0 Å². The number of Topliss-reactive ketones (excluding diaryl/α,β-unsaturated/α-hetero) is 1. The van der Waals surface area contributed by atoms with E-state index in [1.165, 1.54) is 38.1 Å². The smallest absolute Gasteiger partial charge is 0.326 e. The summed E-state index contributed by atoms with van der Waals surface area (Å²) < 4.78 is 0. The normalized spacial score (nSPS) is 20.0. The second-order valence-corrected chi connectivity index (χ2v) is 24.1. The number of hydrogen-bond acceptors (Lipinski definition) is 15. The maximum absolute atomic E-state index is 14.4. The second kappa shape index (κ2) is 33.4. The number of ketones is 2. The van der Waals surface area contributed by atoms with Gasteiger partial charge >= 0.3 is 18.0 Å². The Hall–Kier alpha value is -7.74. The zero-order valence-corrected chi connectivity index (χ0v) is 51.0. The van der Waals surface area contributed by atoms with Gasteiger partial charge in [-0.25, -0.2) is 9.59 Å². The number of carboxylic acids is 2. The first-order chi connectivity index (χ1) is 41.2. The Bertz CT molecular complexity index is 2880. The summed E-state index contributed by atoms with van der Waals surface area (Å²) in [5.74, 6) is -8.24. The summed E-state index contributed by atoms with van der Waals surface area (Å²) in [6.07, 6.45) is -0.585. The van der Waals surface area contributed by atoms with Gasteiger partial charge in [0.15, 0.2) is 5.78 Å². The van der Waals surface area contributed by atoms with E-state index < -0.39 is 109 Å². The fourth-order valence-corrected chi connectivity index (χ4v) is 12.3. The number of aliphatic hydroxyl groups excluding tert-OH is 2. The van der Waals surface area contributed by atoms with Crippen LogP contribution in [0.25, 0.3) is 0 Å². The molecule has 24 nitrogen and oxygen atoms in total. The maximum atomic E-state index is 14.4. The quantitative estimate of drug-likeness (QED) is 0.0224. The fraction of sp³-hybridized carbons (Fsp3) is 0.532. The predicted octanol–water partition coefficient (Wildman–Crippen LogP) is 2.20. The van der Waals surface area contributed by atoms with E-state index in [2.05, 4.69) is 54.8 Å². The van der Waals surface area contributed by atoms with Gasteiger partial charge in [-0.05, 0) is 76.8 Å². The number of aliphatic hydroxyl groups is 2. The molecule has 87 heavy (non-hydrogen) atoms. The number of aliphatic carboxylic acids is 2. The molecule has 5 rings (SSSR count). The lowest BCUT2D eigenvalue weighted by atomic mass is 9.79. The number of unbranched alkanes of at least 4 members (excludes halogenated alkanes) is 2. The molecule has 0 saturated carbocycles. The molecular weight excluding hydrogens is 1140 g/mol. The van der Waals surface area contributed by atoms with Gasteiger partial charge in [-0.2, -0.15) is 11.8 Å². The highest BCUT2D eigenvalue weighted by atomic mass is 32.2. The largest absolute Gasteiger partial charge is 0.481 e. The van der Waals surface area contributed by atoms with Crippen molar-refractivity contribution in [2.24, 2.45) is 5.92 Å². The lowest BCUT2D eigenvalue weighted by Gasteiger charge is -2.35. The molecule has 25 heteroatoms. The monoisotopic (exact) mass is 1230 g/mol. The highest BCUT2D eigenvalue weighted by molar-refractivity contribution is 8.00. The molecule has 474 valence electrons. The van der Waals surface area contributed by atoms with Crippen LogP contribution < -0.4 is 47.9 Å². The minimum absolute atomic E-state index is 0.100. The highest BCUT2D eigenvalue weighted by Gasteiger charge is 2.60. The van der Waals surface area contributed by atoms with E-state index in [9.17, 15) is 73.2 Å². The molecule has 0 unspecified atom stereocenters. The molecule has 2 fully saturated rings. The number of fused-ring (bicyclic) bond motifs is 1. The van der Waals surface area contributed by atoms with Crippen LogP contribution in [0.3, 0.4) is 0 Å². The number of carboxylic acid groups (broad SMARTS) is 2. The van der Waals surface area contributed by atoms with Crippen molar-refractivity contribution in [3.8, 4) is 0 Å². The Morgan fingerprint density at radius 1 is 0.609 bits per heavy atom. The molecule has 13 N–H and O–H groups in total. The molecule has 12 atom stereocenters. The predicted molar refractivity (Wildman–Crippen MR) is 324 cm³/mol. The van der Waals surface area contributed by atoms with E-state index >= 15 is 0 Å². The van der Waals surface area contributed by atoms with Crippen LogP contribution >= 0.6 is 11.8 Å². The molecule has 8 amide bonds. The van der Waals surface area contributed by atoms with Crippen LogP contribution in [-0.2, 0) is 56.0 Å².